The highest BCUT2D eigenvalue weighted by molar-refractivity contribution is 6.10. The Balaban J connectivity index is 1.56. The first-order valence-corrected chi connectivity index (χ1v) is 15.3. The highest BCUT2D eigenvalue weighted by Crippen LogP contribution is 2.54. The van der Waals surface area contributed by atoms with Crippen molar-refractivity contribution in [2.75, 3.05) is 19.8 Å². The Morgan fingerprint density at radius 1 is 1.16 bits per heavy atom. The lowest BCUT2D eigenvalue weighted by molar-refractivity contribution is -0.141. The summed E-state index contributed by atoms with van der Waals surface area (Å²) in [5.41, 5.74) is 3.13. The summed E-state index contributed by atoms with van der Waals surface area (Å²) in [4.78, 5) is 42.6. The van der Waals surface area contributed by atoms with Crippen LogP contribution >= 0.6 is 0 Å². The Hall–Kier alpha value is -4.41. The van der Waals surface area contributed by atoms with Gasteiger partial charge >= 0.3 is 5.97 Å². The number of ketones is 1. The zero-order valence-electron chi connectivity index (χ0n) is 25.6. The lowest BCUT2D eigenvalue weighted by atomic mass is 9.75. The van der Waals surface area contributed by atoms with Gasteiger partial charge in [-0.15, -0.1) is 0 Å². The summed E-state index contributed by atoms with van der Waals surface area (Å²) in [6.45, 7) is 5.14. The number of Topliss-reactive ketones (excluding diaryl/α,β-unsaturated/α-hetero) is 1. The fourth-order valence-electron chi connectivity index (χ4n) is 6.41. The molecule has 2 aromatic carbocycles. The number of esters is 1. The second-order valence-corrected chi connectivity index (χ2v) is 12.2. The van der Waals surface area contributed by atoms with Gasteiger partial charge in [0.25, 0.3) is 0 Å². The summed E-state index contributed by atoms with van der Waals surface area (Å²) in [6, 6.07) is 9.51. The minimum Gasteiger partial charge on any atom is -0.492 e. The van der Waals surface area contributed by atoms with Crippen LogP contribution in [0.15, 0.2) is 53.4 Å². The van der Waals surface area contributed by atoms with Gasteiger partial charge in [0, 0.05) is 60.7 Å². The number of H-pyrrole nitrogens is 1. The van der Waals surface area contributed by atoms with E-state index in [0.29, 0.717) is 60.2 Å². The molecule has 45 heavy (non-hydrogen) atoms. The zero-order chi connectivity index (χ0) is 31.9. The number of aliphatic hydroxyl groups excluding tert-OH is 1. The van der Waals surface area contributed by atoms with Crippen LogP contribution in [-0.2, 0) is 25.5 Å². The van der Waals surface area contributed by atoms with Gasteiger partial charge in [-0.2, -0.15) is 0 Å². The third kappa shape index (κ3) is 5.64. The molecule has 1 aliphatic carbocycles. The molecule has 1 saturated carbocycles. The Labute approximate surface area is 260 Å². The van der Waals surface area contributed by atoms with Gasteiger partial charge in [0.05, 0.1) is 30.0 Å². The molecular weight excluding hydrogens is 578 g/mol. The van der Waals surface area contributed by atoms with Crippen LogP contribution < -0.4 is 14.2 Å². The molecule has 10 heteroatoms. The third-order valence-electron chi connectivity index (χ3n) is 8.70. The van der Waals surface area contributed by atoms with Gasteiger partial charge in [-0.3, -0.25) is 9.59 Å². The number of carbonyl (C=O) groups excluding carboxylic acids is 3. The van der Waals surface area contributed by atoms with Crippen LogP contribution in [-0.4, -0.2) is 64.8 Å². The van der Waals surface area contributed by atoms with Crippen LogP contribution in [0.3, 0.4) is 0 Å². The Morgan fingerprint density at radius 2 is 1.98 bits per heavy atom. The fourth-order valence-corrected chi connectivity index (χ4v) is 6.41. The number of hydrogen-bond acceptors (Lipinski definition) is 9. The number of ether oxygens (including phenoxy) is 4. The highest BCUT2D eigenvalue weighted by atomic mass is 16.6. The van der Waals surface area contributed by atoms with E-state index < -0.39 is 23.6 Å². The average molecular weight is 616 g/mol. The SMILES string of the molecule is CCOC(=O)C1=C(C=O)/C(=C2\CCC(=O)[C@@H](c3ccc4[nH]ccc4c3)C2)c2c(cc3c(c2OCCCO)C[C@@H](C(C)(C)O)O3)O1. The molecule has 1 fully saturated rings. The molecule has 2 atom stereocenters. The number of benzene rings is 2. The van der Waals surface area contributed by atoms with Crippen LogP contribution in [0.5, 0.6) is 17.2 Å². The minimum atomic E-state index is -1.18. The molecule has 3 heterocycles. The molecule has 2 aliphatic heterocycles. The van der Waals surface area contributed by atoms with Gasteiger partial charge in [0.15, 0.2) is 6.29 Å². The standard InChI is InChI=1S/C35H37NO9/c1-4-42-34(40)33-24(18-38)30(21-7-9-26(39)22(15-21)19-6-8-25-20(14-19)10-11-36-25)31-28(45-33)17-27-23(32(31)43-13-5-12-37)16-29(44-27)35(2,3)41/h6,8,10-11,14,17-18,22,29,36-37,41H,4-5,7,9,12-13,15-16H2,1-3H3/b30-21-/t22-,29+/m1/s1. The van der Waals surface area contributed by atoms with Crippen molar-refractivity contribution in [2.45, 2.75) is 70.5 Å². The van der Waals surface area contributed by atoms with Crippen molar-refractivity contribution in [3.05, 3.63) is 70.1 Å². The lowest BCUT2D eigenvalue weighted by Crippen LogP contribution is -2.39. The number of aromatic amines is 1. The van der Waals surface area contributed by atoms with Gasteiger partial charge in [0.1, 0.15) is 29.1 Å². The molecule has 0 saturated heterocycles. The van der Waals surface area contributed by atoms with Crippen molar-refractivity contribution in [3.8, 4) is 17.2 Å². The van der Waals surface area contributed by atoms with Crippen molar-refractivity contribution in [1.29, 1.82) is 0 Å². The van der Waals surface area contributed by atoms with Crippen LogP contribution in [0.25, 0.3) is 16.5 Å². The van der Waals surface area contributed by atoms with Crippen LogP contribution in [0, 0.1) is 0 Å². The number of nitrogens with one attached hydrogen (secondary N) is 1. The quantitative estimate of drug-likeness (QED) is 0.177. The minimum absolute atomic E-state index is 0.0232. The van der Waals surface area contributed by atoms with Crippen molar-refractivity contribution in [1.82, 2.24) is 4.98 Å². The maximum atomic E-state index is 13.4. The number of aromatic nitrogens is 1. The van der Waals surface area contributed by atoms with Crippen molar-refractivity contribution in [2.24, 2.45) is 0 Å². The fraction of sp³-hybridized carbons (Fsp3) is 0.400. The van der Waals surface area contributed by atoms with Gasteiger partial charge < -0.3 is 34.1 Å². The normalized spacial score (nSPS) is 21.2. The monoisotopic (exact) mass is 615 g/mol. The van der Waals surface area contributed by atoms with Gasteiger partial charge in [0.2, 0.25) is 5.76 Å². The van der Waals surface area contributed by atoms with Crippen molar-refractivity contribution >= 4 is 34.5 Å². The largest absolute Gasteiger partial charge is 0.492 e. The molecule has 3 N–H and O–H groups in total. The van der Waals surface area contributed by atoms with Crippen molar-refractivity contribution < 1.29 is 43.5 Å². The molecule has 0 bridgehead atoms. The first-order valence-electron chi connectivity index (χ1n) is 15.3. The predicted octanol–water partition coefficient (Wildman–Crippen LogP) is 4.70. The number of allylic oxidation sites excluding steroid dienone is 3. The lowest BCUT2D eigenvalue weighted by Gasteiger charge is -2.31. The van der Waals surface area contributed by atoms with Crippen LogP contribution in [0.4, 0.5) is 0 Å². The van der Waals surface area contributed by atoms with E-state index in [4.69, 9.17) is 18.9 Å². The molecule has 1 aromatic heterocycles. The van der Waals surface area contributed by atoms with Gasteiger partial charge in [-0.05, 0) is 62.8 Å². The third-order valence-corrected chi connectivity index (χ3v) is 8.70. The first-order chi connectivity index (χ1) is 21.6. The van der Waals surface area contributed by atoms with Crippen LogP contribution in [0.1, 0.15) is 69.1 Å². The topological polar surface area (TPSA) is 144 Å². The van der Waals surface area contributed by atoms with E-state index in [1.165, 1.54) is 0 Å². The number of aldehydes is 1. The molecule has 0 unspecified atom stereocenters. The maximum Gasteiger partial charge on any atom is 0.375 e. The summed E-state index contributed by atoms with van der Waals surface area (Å²) in [5.74, 6) is -0.332. The summed E-state index contributed by atoms with van der Waals surface area (Å²) < 4.78 is 23.9. The number of fused-ring (bicyclic) bond motifs is 3. The van der Waals surface area contributed by atoms with E-state index in [9.17, 15) is 24.6 Å². The summed E-state index contributed by atoms with van der Waals surface area (Å²) in [5, 5.41) is 21.3. The average Bonchev–Trinajstić information content (AvgIpc) is 3.67. The van der Waals surface area contributed by atoms with E-state index in [-0.39, 0.29) is 49.1 Å². The number of rotatable bonds is 9. The molecule has 0 radical (unpaired) electrons. The molecule has 3 aliphatic rings. The molecule has 6 rings (SSSR count). The number of carbonyl (C=O) groups is 3. The molecule has 0 amide bonds. The summed E-state index contributed by atoms with van der Waals surface area (Å²) >= 11 is 0. The number of aliphatic hydroxyl groups is 2. The molecular formula is C35H37NO9. The molecule has 10 nitrogen and oxygen atoms in total. The second-order valence-electron chi connectivity index (χ2n) is 12.2. The number of hydrogen-bond donors (Lipinski definition) is 3. The van der Waals surface area contributed by atoms with E-state index in [1.54, 1.807) is 26.8 Å². The summed E-state index contributed by atoms with van der Waals surface area (Å²) in [6.07, 6.45) is 3.49. The smallest absolute Gasteiger partial charge is 0.375 e. The van der Waals surface area contributed by atoms with Crippen molar-refractivity contribution in [3.63, 3.8) is 0 Å². The zero-order valence-corrected chi connectivity index (χ0v) is 25.6. The van der Waals surface area contributed by atoms with E-state index in [1.807, 2.05) is 30.5 Å². The van der Waals surface area contributed by atoms with E-state index >= 15 is 0 Å². The molecule has 0 spiro atoms. The van der Waals surface area contributed by atoms with Gasteiger partial charge in [-0.25, -0.2) is 4.79 Å². The summed E-state index contributed by atoms with van der Waals surface area (Å²) in [7, 11) is 0. The predicted molar refractivity (Wildman–Crippen MR) is 165 cm³/mol. The Bertz CT molecular complexity index is 1740. The van der Waals surface area contributed by atoms with E-state index in [2.05, 4.69) is 4.98 Å². The highest BCUT2D eigenvalue weighted by Gasteiger charge is 2.42. The molecule has 3 aromatic rings. The van der Waals surface area contributed by atoms with Gasteiger partial charge in [-0.1, -0.05) is 11.6 Å². The first kappa shape index (κ1) is 30.6. The Kier molecular flexibility index (Phi) is 8.28. The van der Waals surface area contributed by atoms with E-state index in [0.717, 1.165) is 22.0 Å². The van der Waals surface area contributed by atoms with Crippen LogP contribution in [0.2, 0.25) is 0 Å². The Morgan fingerprint density at radius 3 is 2.71 bits per heavy atom. The maximum absolute atomic E-state index is 13.4. The molecule has 236 valence electrons. The second kappa shape index (κ2) is 12.2.